The van der Waals surface area contributed by atoms with Crippen LogP contribution in [-0.4, -0.2) is 32.0 Å². The van der Waals surface area contributed by atoms with Gasteiger partial charge in [0.25, 0.3) is 11.6 Å². The van der Waals surface area contributed by atoms with Crippen LogP contribution in [0.1, 0.15) is 21.5 Å². The van der Waals surface area contributed by atoms with E-state index in [2.05, 4.69) is 5.32 Å². The van der Waals surface area contributed by atoms with Crippen LogP contribution in [0.25, 0.3) is 0 Å². The molecule has 26 heavy (non-hydrogen) atoms. The SMILES string of the molecule is Cc1c(NC(=O)c2ccc3c(c2)CCN3S(C)(=O)=O)cccc1[N+](=O)[O-]. The molecule has 0 fully saturated rings. The molecule has 0 radical (unpaired) electrons. The van der Waals surface area contributed by atoms with E-state index in [0.717, 1.165) is 11.8 Å². The second-order valence-electron chi connectivity index (χ2n) is 6.09. The molecule has 0 unspecified atom stereocenters. The van der Waals surface area contributed by atoms with Crippen LogP contribution in [0.15, 0.2) is 36.4 Å². The van der Waals surface area contributed by atoms with Crippen molar-refractivity contribution >= 4 is 33.0 Å². The summed E-state index contributed by atoms with van der Waals surface area (Å²) in [7, 11) is -3.35. The summed E-state index contributed by atoms with van der Waals surface area (Å²) >= 11 is 0. The zero-order chi connectivity index (χ0) is 19.1. The van der Waals surface area contributed by atoms with Gasteiger partial charge in [-0.2, -0.15) is 0 Å². The van der Waals surface area contributed by atoms with Crippen LogP contribution < -0.4 is 9.62 Å². The molecule has 0 saturated heterocycles. The highest BCUT2D eigenvalue weighted by Crippen LogP contribution is 2.31. The van der Waals surface area contributed by atoms with E-state index >= 15 is 0 Å². The minimum absolute atomic E-state index is 0.0689. The van der Waals surface area contributed by atoms with E-state index in [0.29, 0.717) is 35.5 Å². The predicted octanol–water partition coefficient (Wildman–Crippen LogP) is 2.48. The molecule has 1 N–H and O–H groups in total. The Hall–Kier alpha value is -2.94. The van der Waals surface area contributed by atoms with Crippen LogP contribution in [0.2, 0.25) is 0 Å². The molecule has 2 aromatic carbocycles. The number of nitrogens with one attached hydrogen (secondary N) is 1. The molecule has 136 valence electrons. The smallest absolute Gasteiger partial charge is 0.274 e. The second kappa shape index (κ2) is 6.41. The molecule has 1 heterocycles. The highest BCUT2D eigenvalue weighted by molar-refractivity contribution is 7.92. The largest absolute Gasteiger partial charge is 0.321 e. The number of benzene rings is 2. The lowest BCUT2D eigenvalue weighted by Gasteiger charge is -2.16. The molecule has 0 atom stereocenters. The lowest BCUT2D eigenvalue weighted by molar-refractivity contribution is -0.385. The highest BCUT2D eigenvalue weighted by Gasteiger charge is 2.27. The molecule has 3 rings (SSSR count). The molecule has 1 amide bonds. The van der Waals surface area contributed by atoms with Crippen molar-refractivity contribution in [1.82, 2.24) is 0 Å². The van der Waals surface area contributed by atoms with Gasteiger partial charge in [0.1, 0.15) is 0 Å². The Morgan fingerprint density at radius 1 is 1.27 bits per heavy atom. The van der Waals surface area contributed by atoms with Crippen molar-refractivity contribution < 1.29 is 18.1 Å². The number of amides is 1. The Morgan fingerprint density at radius 2 is 2.00 bits per heavy atom. The maximum Gasteiger partial charge on any atom is 0.274 e. The third-order valence-electron chi connectivity index (χ3n) is 4.35. The number of hydrogen-bond acceptors (Lipinski definition) is 5. The quantitative estimate of drug-likeness (QED) is 0.652. The fourth-order valence-corrected chi connectivity index (χ4v) is 3.97. The molecule has 0 bridgehead atoms. The van der Waals surface area contributed by atoms with Crippen molar-refractivity contribution in [3.8, 4) is 0 Å². The van der Waals surface area contributed by atoms with E-state index < -0.39 is 20.9 Å². The van der Waals surface area contributed by atoms with Gasteiger partial charge in [-0.15, -0.1) is 0 Å². The van der Waals surface area contributed by atoms with Gasteiger partial charge in [0, 0.05) is 18.2 Å². The molecule has 9 heteroatoms. The van der Waals surface area contributed by atoms with Gasteiger partial charge < -0.3 is 5.32 Å². The average molecular weight is 375 g/mol. The van der Waals surface area contributed by atoms with Gasteiger partial charge in [-0.05, 0) is 43.2 Å². The van der Waals surface area contributed by atoms with Gasteiger partial charge in [0.15, 0.2) is 0 Å². The summed E-state index contributed by atoms with van der Waals surface area (Å²) in [6, 6.07) is 9.29. The number of sulfonamides is 1. The van der Waals surface area contributed by atoms with E-state index in [-0.39, 0.29) is 5.69 Å². The van der Waals surface area contributed by atoms with E-state index in [4.69, 9.17) is 0 Å². The topological polar surface area (TPSA) is 110 Å². The molecule has 0 saturated carbocycles. The molecule has 1 aliphatic rings. The van der Waals surface area contributed by atoms with Crippen LogP contribution in [0, 0.1) is 17.0 Å². The number of nitro groups is 1. The van der Waals surface area contributed by atoms with Crippen molar-refractivity contribution in [1.29, 1.82) is 0 Å². The predicted molar refractivity (Wildman–Crippen MR) is 98.1 cm³/mol. The maximum atomic E-state index is 12.5. The summed E-state index contributed by atoms with van der Waals surface area (Å²) in [4.78, 5) is 23.0. The number of hydrogen-bond donors (Lipinski definition) is 1. The van der Waals surface area contributed by atoms with Crippen LogP contribution in [0.4, 0.5) is 17.1 Å². The van der Waals surface area contributed by atoms with Crippen LogP contribution in [-0.2, 0) is 16.4 Å². The summed E-state index contributed by atoms with van der Waals surface area (Å²) in [5, 5.41) is 13.7. The zero-order valence-electron chi connectivity index (χ0n) is 14.2. The Morgan fingerprint density at radius 3 is 2.65 bits per heavy atom. The fourth-order valence-electron chi connectivity index (χ4n) is 3.01. The van der Waals surface area contributed by atoms with Crippen LogP contribution >= 0.6 is 0 Å². The van der Waals surface area contributed by atoms with E-state index in [9.17, 15) is 23.3 Å². The zero-order valence-corrected chi connectivity index (χ0v) is 15.0. The molecule has 8 nitrogen and oxygen atoms in total. The molecular weight excluding hydrogens is 358 g/mol. The van der Waals surface area contributed by atoms with Gasteiger partial charge >= 0.3 is 0 Å². The van der Waals surface area contributed by atoms with Crippen molar-refractivity contribution in [2.45, 2.75) is 13.3 Å². The first kappa shape index (κ1) is 17.9. The number of carbonyl (C=O) groups is 1. The minimum atomic E-state index is -3.35. The normalized spacial score (nSPS) is 13.4. The molecule has 0 aliphatic carbocycles. The summed E-state index contributed by atoms with van der Waals surface area (Å²) < 4.78 is 24.9. The van der Waals surface area contributed by atoms with Gasteiger partial charge in [-0.3, -0.25) is 19.2 Å². The molecule has 2 aromatic rings. The number of fused-ring (bicyclic) bond motifs is 1. The summed E-state index contributed by atoms with van der Waals surface area (Å²) in [5.74, 6) is -0.408. The van der Waals surface area contributed by atoms with E-state index in [1.54, 1.807) is 31.2 Å². The number of nitro benzene ring substituents is 1. The van der Waals surface area contributed by atoms with Gasteiger partial charge in [0.05, 0.1) is 28.1 Å². The third kappa shape index (κ3) is 3.25. The van der Waals surface area contributed by atoms with E-state index in [1.807, 2.05) is 0 Å². The standard InChI is InChI=1S/C17H17N3O5S/c1-11-14(4-3-5-15(11)20(22)23)18-17(21)13-6-7-16-12(10-13)8-9-19(16)26(2,24)25/h3-7,10H,8-9H2,1-2H3,(H,18,21). The molecule has 1 aliphatic heterocycles. The van der Waals surface area contributed by atoms with Crippen LogP contribution in [0.3, 0.4) is 0 Å². The van der Waals surface area contributed by atoms with Gasteiger partial charge in [-0.1, -0.05) is 6.07 Å². The Bertz CT molecular complexity index is 1020. The summed E-state index contributed by atoms with van der Waals surface area (Å²) in [6.45, 7) is 1.92. The van der Waals surface area contributed by atoms with Crippen molar-refractivity contribution in [2.24, 2.45) is 0 Å². The summed E-state index contributed by atoms with van der Waals surface area (Å²) in [5.41, 5.74) is 2.39. The highest BCUT2D eigenvalue weighted by atomic mass is 32.2. The minimum Gasteiger partial charge on any atom is -0.321 e. The first-order valence-electron chi connectivity index (χ1n) is 7.84. The fraction of sp³-hybridized carbons (Fsp3) is 0.235. The lowest BCUT2D eigenvalue weighted by atomic mass is 10.1. The lowest BCUT2D eigenvalue weighted by Crippen LogP contribution is -2.27. The van der Waals surface area contributed by atoms with Gasteiger partial charge in [-0.25, -0.2) is 8.42 Å². The van der Waals surface area contributed by atoms with Crippen LogP contribution in [0.5, 0.6) is 0 Å². The number of nitrogens with zero attached hydrogens (tertiary/aromatic N) is 2. The maximum absolute atomic E-state index is 12.5. The number of carbonyl (C=O) groups excluding carboxylic acids is 1. The van der Waals surface area contributed by atoms with Gasteiger partial charge in [0.2, 0.25) is 10.0 Å². The monoisotopic (exact) mass is 375 g/mol. The van der Waals surface area contributed by atoms with Crippen molar-refractivity contribution in [2.75, 3.05) is 22.4 Å². The third-order valence-corrected chi connectivity index (χ3v) is 5.52. The average Bonchev–Trinajstić information content (AvgIpc) is 2.99. The Balaban J connectivity index is 1.87. The molecule has 0 aromatic heterocycles. The first-order valence-corrected chi connectivity index (χ1v) is 9.69. The Labute approximate surface area is 150 Å². The Kier molecular flexibility index (Phi) is 4.41. The number of anilines is 2. The first-order chi connectivity index (χ1) is 12.2. The van der Waals surface area contributed by atoms with Crippen molar-refractivity contribution in [3.05, 3.63) is 63.2 Å². The number of rotatable bonds is 4. The van der Waals surface area contributed by atoms with Crippen molar-refractivity contribution in [3.63, 3.8) is 0 Å². The van der Waals surface area contributed by atoms with E-state index in [1.165, 1.54) is 16.4 Å². The molecule has 0 spiro atoms. The molecular formula is C17H17N3O5S. The summed E-state index contributed by atoms with van der Waals surface area (Å²) in [6.07, 6.45) is 1.67. The second-order valence-corrected chi connectivity index (χ2v) is 8.00.